The largest absolute Gasteiger partial charge is 0.343 e. The zero-order chi connectivity index (χ0) is 11.7. The molecular formula is C15H14N2. The number of fused-ring (bicyclic) bond motifs is 1. The Balaban J connectivity index is 2.05. The van der Waals surface area contributed by atoms with E-state index < -0.39 is 0 Å². The van der Waals surface area contributed by atoms with Gasteiger partial charge < -0.3 is 4.57 Å². The maximum absolute atomic E-state index is 4.04. The summed E-state index contributed by atoms with van der Waals surface area (Å²) < 4.78 is 2.28. The summed E-state index contributed by atoms with van der Waals surface area (Å²) in [5.74, 6) is 0. The van der Waals surface area contributed by atoms with Gasteiger partial charge in [0.2, 0.25) is 0 Å². The second-order valence-electron chi connectivity index (χ2n) is 4.31. The van der Waals surface area contributed by atoms with Gasteiger partial charge in [-0.3, -0.25) is 4.98 Å². The monoisotopic (exact) mass is 222 g/mol. The summed E-state index contributed by atoms with van der Waals surface area (Å²) in [6, 6.07) is 12.7. The Labute approximate surface area is 101 Å². The third-order valence-electron chi connectivity index (χ3n) is 3.13. The van der Waals surface area contributed by atoms with Crippen molar-refractivity contribution < 1.29 is 0 Å². The Bertz CT molecular complexity index is 638. The highest BCUT2D eigenvalue weighted by Crippen LogP contribution is 2.20. The van der Waals surface area contributed by atoms with Gasteiger partial charge in [0, 0.05) is 36.0 Å². The average Bonchev–Trinajstić information content (AvgIpc) is 2.76. The number of aryl methyl sites for hydroxylation is 1. The first-order valence-corrected chi connectivity index (χ1v) is 5.78. The van der Waals surface area contributed by atoms with Gasteiger partial charge in [0.05, 0.1) is 0 Å². The van der Waals surface area contributed by atoms with Crippen molar-refractivity contribution in [2.24, 2.45) is 0 Å². The Kier molecular flexibility index (Phi) is 2.41. The number of aromatic nitrogens is 2. The molecule has 0 saturated heterocycles. The van der Waals surface area contributed by atoms with Crippen molar-refractivity contribution in [3.63, 3.8) is 0 Å². The molecule has 2 heterocycles. The van der Waals surface area contributed by atoms with Crippen LogP contribution in [-0.4, -0.2) is 9.55 Å². The quantitative estimate of drug-likeness (QED) is 0.650. The predicted octanol–water partition coefficient (Wildman–Crippen LogP) is 3.39. The zero-order valence-corrected chi connectivity index (χ0v) is 9.80. The van der Waals surface area contributed by atoms with E-state index in [-0.39, 0.29) is 0 Å². The van der Waals surface area contributed by atoms with Crippen LogP contribution in [0, 0.1) is 6.92 Å². The highest BCUT2D eigenvalue weighted by Gasteiger charge is 2.02. The SMILES string of the molecule is Cc1cccc2c1ccn2Cc1ccncc1. The smallest absolute Gasteiger partial charge is 0.0486 e. The predicted molar refractivity (Wildman–Crippen MR) is 70.0 cm³/mol. The molecule has 0 unspecified atom stereocenters. The Morgan fingerprint density at radius 1 is 1.06 bits per heavy atom. The second-order valence-corrected chi connectivity index (χ2v) is 4.31. The minimum Gasteiger partial charge on any atom is -0.343 e. The molecule has 0 saturated carbocycles. The van der Waals surface area contributed by atoms with Crippen molar-refractivity contribution in [3.05, 3.63) is 66.1 Å². The van der Waals surface area contributed by atoms with E-state index in [0.29, 0.717) is 0 Å². The van der Waals surface area contributed by atoms with Crippen molar-refractivity contribution in [1.82, 2.24) is 9.55 Å². The van der Waals surface area contributed by atoms with Gasteiger partial charge in [-0.05, 0) is 42.3 Å². The van der Waals surface area contributed by atoms with Crippen molar-refractivity contribution in [3.8, 4) is 0 Å². The first-order chi connectivity index (χ1) is 8.34. The molecule has 84 valence electrons. The summed E-state index contributed by atoms with van der Waals surface area (Å²) in [7, 11) is 0. The number of hydrogen-bond donors (Lipinski definition) is 0. The Morgan fingerprint density at radius 2 is 1.88 bits per heavy atom. The lowest BCUT2D eigenvalue weighted by Gasteiger charge is -2.05. The van der Waals surface area contributed by atoms with Crippen LogP contribution in [0.4, 0.5) is 0 Å². The van der Waals surface area contributed by atoms with E-state index >= 15 is 0 Å². The molecule has 17 heavy (non-hydrogen) atoms. The zero-order valence-electron chi connectivity index (χ0n) is 9.80. The normalized spacial score (nSPS) is 10.9. The van der Waals surface area contributed by atoms with Gasteiger partial charge in [-0.25, -0.2) is 0 Å². The van der Waals surface area contributed by atoms with E-state index in [2.05, 4.69) is 59.1 Å². The molecule has 0 atom stereocenters. The number of hydrogen-bond acceptors (Lipinski definition) is 1. The number of rotatable bonds is 2. The molecule has 2 heteroatoms. The molecule has 0 fully saturated rings. The summed E-state index contributed by atoms with van der Waals surface area (Å²) in [6.07, 6.45) is 5.83. The van der Waals surface area contributed by atoms with E-state index in [1.165, 1.54) is 22.0 Å². The van der Waals surface area contributed by atoms with Gasteiger partial charge in [-0.15, -0.1) is 0 Å². The minimum absolute atomic E-state index is 0.898. The van der Waals surface area contributed by atoms with E-state index in [1.807, 2.05) is 12.4 Å². The van der Waals surface area contributed by atoms with Gasteiger partial charge in [-0.1, -0.05) is 12.1 Å². The molecule has 0 amide bonds. The van der Waals surface area contributed by atoms with E-state index in [0.717, 1.165) is 6.54 Å². The molecular weight excluding hydrogens is 208 g/mol. The molecule has 2 aromatic heterocycles. The molecule has 2 nitrogen and oxygen atoms in total. The molecule has 0 aliphatic heterocycles. The summed E-state index contributed by atoms with van der Waals surface area (Å²) in [4.78, 5) is 4.04. The van der Waals surface area contributed by atoms with Gasteiger partial charge in [0.25, 0.3) is 0 Å². The lowest BCUT2D eigenvalue weighted by molar-refractivity contribution is 0.834. The molecule has 0 aliphatic rings. The van der Waals surface area contributed by atoms with Crippen LogP contribution >= 0.6 is 0 Å². The first-order valence-electron chi connectivity index (χ1n) is 5.78. The summed E-state index contributed by atoms with van der Waals surface area (Å²) in [5, 5.41) is 1.33. The van der Waals surface area contributed by atoms with Crippen LogP contribution in [-0.2, 0) is 6.54 Å². The topological polar surface area (TPSA) is 17.8 Å². The maximum atomic E-state index is 4.04. The first kappa shape index (κ1) is 10.1. The van der Waals surface area contributed by atoms with Gasteiger partial charge in [0.1, 0.15) is 0 Å². The van der Waals surface area contributed by atoms with Gasteiger partial charge in [0.15, 0.2) is 0 Å². The molecule has 3 aromatic rings. The van der Waals surface area contributed by atoms with Crippen LogP contribution in [0.2, 0.25) is 0 Å². The fraction of sp³-hybridized carbons (Fsp3) is 0.133. The average molecular weight is 222 g/mol. The lowest BCUT2D eigenvalue weighted by atomic mass is 10.1. The standard InChI is InChI=1S/C15H14N2/c1-12-3-2-4-15-14(12)7-10-17(15)11-13-5-8-16-9-6-13/h2-10H,11H2,1H3. The van der Waals surface area contributed by atoms with Crippen molar-refractivity contribution >= 4 is 10.9 Å². The molecule has 1 aromatic carbocycles. The Morgan fingerprint density at radius 3 is 2.71 bits per heavy atom. The van der Waals surface area contributed by atoms with Crippen LogP contribution in [0.25, 0.3) is 10.9 Å². The van der Waals surface area contributed by atoms with Crippen LogP contribution in [0.1, 0.15) is 11.1 Å². The number of nitrogens with zero attached hydrogens (tertiary/aromatic N) is 2. The molecule has 0 radical (unpaired) electrons. The van der Waals surface area contributed by atoms with E-state index in [1.54, 1.807) is 0 Å². The molecule has 0 bridgehead atoms. The molecule has 0 N–H and O–H groups in total. The Hall–Kier alpha value is -2.09. The minimum atomic E-state index is 0.898. The maximum Gasteiger partial charge on any atom is 0.0486 e. The van der Waals surface area contributed by atoms with E-state index in [4.69, 9.17) is 0 Å². The van der Waals surface area contributed by atoms with Crippen LogP contribution in [0.3, 0.4) is 0 Å². The van der Waals surface area contributed by atoms with Crippen LogP contribution in [0.5, 0.6) is 0 Å². The summed E-state index contributed by atoms with van der Waals surface area (Å²) in [5.41, 5.74) is 3.90. The summed E-state index contributed by atoms with van der Waals surface area (Å²) >= 11 is 0. The third-order valence-corrected chi connectivity index (χ3v) is 3.13. The molecule has 3 rings (SSSR count). The highest BCUT2D eigenvalue weighted by molar-refractivity contribution is 5.83. The van der Waals surface area contributed by atoms with Gasteiger partial charge in [-0.2, -0.15) is 0 Å². The number of benzene rings is 1. The van der Waals surface area contributed by atoms with Crippen molar-refractivity contribution in [2.75, 3.05) is 0 Å². The van der Waals surface area contributed by atoms with Gasteiger partial charge >= 0.3 is 0 Å². The van der Waals surface area contributed by atoms with Crippen molar-refractivity contribution in [1.29, 1.82) is 0 Å². The fourth-order valence-corrected chi connectivity index (χ4v) is 2.20. The molecule has 0 aliphatic carbocycles. The summed E-state index contributed by atoms with van der Waals surface area (Å²) in [6.45, 7) is 3.05. The second kappa shape index (κ2) is 4.06. The molecule has 0 spiro atoms. The fourth-order valence-electron chi connectivity index (χ4n) is 2.20. The lowest BCUT2D eigenvalue weighted by Crippen LogP contribution is -1.97. The highest BCUT2D eigenvalue weighted by atomic mass is 14.9. The van der Waals surface area contributed by atoms with Crippen LogP contribution < -0.4 is 0 Å². The van der Waals surface area contributed by atoms with Crippen molar-refractivity contribution in [2.45, 2.75) is 13.5 Å². The van der Waals surface area contributed by atoms with E-state index in [9.17, 15) is 0 Å². The van der Waals surface area contributed by atoms with Crippen LogP contribution in [0.15, 0.2) is 55.0 Å². The number of pyridine rings is 1. The third kappa shape index (κ3) is 1.82.